The van der Waals surface area contributed by atoms with Gasteiger partial charge in [0.2, 0.25) is 0 Å². The Morgan fingerprint density at radius 1 is 0.441 bits per heavy atom. The molecule has 1 unspecified atom stereocenters. The van der Waals surface area contributed by atoms with Gasteiger partial charge in [-0.25, -0.2) is 0 Å². The molecule has 3 fully saturated rings. The first kappa shape index (κ1) is 27.9. The zero-order valence-electron chi connectivity index (χ0n) is 17.7. The monoisotopic (exact) mass is 504 g/mol. The van der Waals surface area contributed by atoms with E-state index in [0.29, 0.717) is 0 Å². The van der Waals surface area contributed by atoms with Gasteiger partial charge in [-0.3, -0.25) is 0 Å². The van der Waals surface area contributed by atoms with Crippen molar-refractivity contribution in [2.24, 2.45) is 0 Å². The van der Waals surface area contributed by atoms with E-state index >= 15 is 0 Å². The summed E-state index contributed by atoms with van der Waals surface area (Å²) >= 11 is 0. The van der Waals surface area contributed by atoms with Crippen LogP contribution in [0.4, 0.5) is 0 Å². The third-order valence-corrected chi connectivity index (χ3v) is 6.10. The Bertz CT molecular complexity index is 639. The fourth-order valence-electron chi connectivity index (χ4n) is 4.02. The molecule has 3 aliphatic rings. The number of hydrogen-bond acceptors (Lipinski definition) is 16. The van der Waals surface area contributed by atoms with E-state index in [1.165, 1.54) is 0 Å². The van der Waals surface area contributed by atoms with Gasteiger partial charge in [0, 0.05) is 0 Å². The minimum absolute atomic E-state index is 0.734. The highest BCUT2D eigenvalue weighted by Gasteiger charge is 2.53. The molecule has 0 saturated carbocycles. The minimum Gasteiger partial charge on any atom is -0.394 e. The van der Waals surface area contributed by atoms with E-state index in [1.54, 1.807) is 0 Å². The number of aliphatic hydroxyl groups excluding tert-OH is 11. The molecule has 0 aliphatic carbocycles. The summed E-state index contributed by atoms with van der Waals surface area (Å²) in [6.07, 6.45) is -25.7. The van der Waals surface area contributed by atoms with Crippen molar-refractivity contribution in [3.63, 3.8) is 0 Å². The lowest BCUT2D eigenvalue weighted by atomic mass is 9.96. The van der Waals surface area contributed by atoms with Crippen molar-refractivity contribution in [3.05, 3.63) is 0 Å². The van der Waals surface area contributed by atoms with E-state index in [9.17, 15) is 56.2 Å². The fraction of sp³-hybridized carbons (Fsp3) is 1.00. The molecule has 16 heteroatoms. The molecule has 15 atom stereocenters. The van der Waals surface area contributed by atoms with Crippen LogP contribution >= 0.6 is 0 Å². The summed E-state index contributed by atoms with van der Waals surface area (Å²) in [5, 5.41) is 109. The van der Waals surface area contributed by atoms with Crippen molar-refractivity contribution in [1.29, 1.82) is 0 Å². The molecule has 0 radical (unpaired) electrons. The molecule has 0 spiro atoms. The van der Waals surface area contributed by atoms with E-state index in [2.05, 4.69) is 0 Å². The molecule has 34 heavy (non-hydrogen) atoms. The maximum Gasteiger partial charge on any atom is 0.187 e. The Balaban J connectivity index is 1.82. The van der Waals surface area contributed by atoms with Crippen molar-refractivity contribution in [2.45, 2.75) is 92.1 Å². The van der Waals surface area contributed by atoms with Crippen LogP contribution < -0.4 is 0 Å². The SMILES string of the molecule is OC[C@H]1OC(O)[C@H](O[C@H]2O[C@H](CO)[C@@H](O)[C@H](O)[C@H]2O[C@H]2O[C@H](CO)[C@@H](O)[C@H](O)[C@H]2O)[C@@H](O)[C@H]1O. The molecule has 200 valence electrons. The van der Waals surface area contributed by atoms with Crippen molar-refractivity contribution >= 4 is 0 Å². The summed E-state index contributed by atoms with van der Waals surface area (Å²) in [6, 6.07) is 0. The van der Waals surface area contributed by atoms with E-state index in [-0.39, 0.29) is 0 Å². The molecular formula is C18H32O16. The van der Waals surface area contributed by atoms with Crippen molar-refractivity contribution in [2.75, 3.05) is 19.8 Å². The fourth-order valence-corrected chi connectivity index (χ4v) is 4.02. The zero-order valence-corrected chi connectivity index (χ0v) is 17.7. The lowest BCUT2D eigenvalue weighted by molar-refractivity contribution is -0.391. The molecule has 3 heterocycles. The van der Waals surface area contributed by atoms with Crippen LogP contribution in [-0.2, 0) is 23.7 Å². The average Bonchev–Trinajstić information content (AvgIpc) is 2.83. The molecule has 16 nitrogen and oxygen atoms in total. The number of rotatable bonds is 7. The number of ether oxygens (including phenoxy) is 5. The van der Waals surface area contributed by atoms with Gasteiger partial charge >= 0.3 is 0 Å². The lowest BCUT2D eigenvalue weighted by Crippen LogP contribution is -2.66. The highest BCUT2D eigenvalue weighted by molar-refractivity contribution is 4.95. The van der Waals surface area contributed by atoms with E-state index in [4.69, 9.17) is 23.7 Å². The lowest BCUT2D eigenvalue weighted by Gasteiger charge is -2.48. The van der Waals surface area contributed by atoms with Gasteiger partial charge < -0.3 is 79.9 Å². The quantitative estimate of drug-likeness (QED) is 0.154. The number of aliphatic hydroxyl groups is 11. The van der Waals surface area contributed by atoms with Gasteiger partial charge in [0.1, 0.15) is 73.2 Å². The third kappa shape index (κ3) is 5.37. The topological polar surface area (TPSA) is 269 Å². The van der Waals surface area contributed by atoms with Gasteiger partial charge in [0.25, 0.3) is 0 Å². The van der Waals surface area contributed by atoms with Gasteiger partial charge in [-0.1, -0.05) is 0 Å². The minimum atomic E-state index is -1.90. The molecule has 0 aromatic rings. The summed E-state index contributed by atoms with van der Waals surface area (Å²) in [5.74, 6) is 0. The zero-order chi connectivity index (χ0) is 25.3. The summed E-state index contributed by atoms with van der Waals surface area (Å²) in [4.78, 5) is 0. The predicted molar refractivity (Wildman–Crippen MR) is 101 cm³/mol. The normalized spacial score (nSPS) is 52.5. The Morgan fingerprint density at radius 3 is 1.38 bits per heavy atom. The highest BCUT2D eigenvalue weighted by atomic mass is 16.8. The van der Waals surface area contributed by atoms with E-state index < -0.39 is 112 Å². The molecular weight excluding hydrogens is 472 g/mol. The summed E-state index contributed by atoms with van der Waals surface area (Å²) in [5.41, 5.74) is 0. The Hall–Kier alpha value is -0.640. The molecule has 0 bridgehead atoms. The summed E-state index contributed by atoms with van der Waals surface area (Å²) in [7, 11) is 0. The predicted octanol–water partition coefficient (Wildman–Crippen LogP) is -7.57. The Morgan fingerprint density at radius 2 is 0.853 bits per heavy atom. The molecule has 3 saturated heterocycles. The van der Waals surface area contributed by atoms with Crippen molar-refractivity contribution in [3.8, 4) is 0 Å². The summed E-state index contributed by atoms with van der Waals surface area (Å²) < 4.78 is 26.5. The van der Waals surface area contributed by atoms with Crippen molar-refractivity contribution in [1.82, 2.24) is 0 Å². The van der Waals surface area contributed by atoms with Crippen LogP contribution in [0.2, 0.25) is 0 Å². The molecule has 0 aromatic carbocycles. The molecule has 0 aromatic heterocycles. The van der Waals surface area contributed by atoms with Gasteiger partial charge in [-0.2, -0.15) is 0 Å². The molecule has 3 aliphatic heterocycles. The van der Waals surface area contributed by atoms with Gasteiger partial charge in [-0.15, -0.1) is 0 Å². The van der Waals surface area contributed by atoms with Crippen LogP contribution in [-0.4, -0.2) is 168 Å². The second-order valence-corrected chi connectivity index (χ2v) is 8.33. The van der Waals surface area contributed by atoms with Crippen LogP contribution in [0.15, 0.2) is 0 Å². The molecule has 3 rings (SSSR count). The first-order chi connectivity index (χ1) is 16.0. The highest BCUT2D eigenvalue weighted by Crippen LogP contribution is 2.32. The van der Waals surface area contributed by atoms with Gasteiger partial charge in [-0.05, 0) is 0 Å². The summed E-state index contributed by atoms with van der Waals surface area (Å²) in [6.45, 7) is -2.31. The first-order valence-electron chi connectivity index (χ1n) is 10.6. The van der Waals surface area contributed by atoms with Crippen LogP contribution in [0, 0.1) is 0 Å². The van der Waals surface area contributed by atoms with Crippen LogP contribution in [0.1, 0.15) is 0 Å². The maximum atomic E-state index is 10.6. The third-order valence-electron chi connectivity index (χ3n) is 6.10. The van der Waals surface area contributed by atoms with Crippen LogP contribution in [0.25, 0.3) is 0 Å². The standard InChI is InChI=1S/C18H32O16/c19-1-4-8(23)11(26)14(16(29)30-4)33-18-15(12(27)9(24)6(3-21)32-18)34-17-13(28)10(25)7(22)5(2-20)31-17/h4-29H,1-3H2/t4-,5-,6-,7-,8+,9-,10+,11+,12+,13-,14-,15-,16?,17-,18-/m1/s1. The average molecular weight is 504 g/mol. The van der Waals surface area contributed by atoms with E-state index in [1.807, 2.05) is 0 Å². The second kappa shape index (κ2) is 11.6. The molecule has 11 N–H and O–H groups in total. The Kier molecular flexibility index (Phi) is 9.54. The second-order valence-electron chi connectivity index (χ2n) is 8.33. The largest absolute Gasteiger partial charge is 0.394 e. The van der Waals surface area contributed by atoms with Crippen LogP contribution in [0.5, 0.6) is 0 Å². The van der Waals surface area contributed by atoms with E-state index in [0.717, 1.165) is 0 Å². The number of hydrogen-bond donors (Lipinski definition) is 11. The Labute approximate surface area is 192 Å². The van der Waals surface area contributed by atoms with Gasteiger partial charge in [0.15, 0.2) is 18.9 Å². The molecule has 0 amide bonds. The van der Waals surface area contributed by atoms with Crippen molar-refractivity contribution < 1.29 is 79.9 Å². The van der Waals surface area contributed by atoms with Crippen LogP contribution in [0.3, 0.4) is 0 Å². The smallest absolute Gasteiger partial charge is 0.187 e. The van der Waals surface area contributed by atoms with Gasteiger partial charge in [0.05, 0.1) is 19.8 Å². The first-order valence-corrected chi connectivity index (χ1v) is 10.6. The maximum absolute atomic E-state index is 10.6.